The molecule has 0 aromatic heterocycles. The fraction of sp³-hybridized carbons (Fsp3) is 0.310. The van der Waals surface area contributed by atoms with Crippen LogP contribution in [0.25, 0.3) is 0 Å². The van der Waals surface area contributed by atoms with Gasteiger partial charge in [-0.2, -0.15) is 0 Å². The maximum Gasteiger partial charge on any atom is 0.264 e. The van der Waals surface area contributed by atoms with Crippen LogP contribution in [0, 0.1) is 0 Å². The van der Waals surface area contributed by atoms with Crippen LogP contribution in [0.3, 0.4) is 0 Å². The summed E-state index contributed by atoms with van der Waals surface area (Å²) >= 11 is 9.62. The Hall–Kier alpha value is -2.88. The molecule has 0 spiro atoms. The summed E-state index contributed by atoms with van der Waals surface area (Å²) in [7, 11) is -4.12. The smallest absolute Gasteiger partial charge is 0.264 e. The first kappa shape index (κ1) is 29.1. The molecular formula is C29H31BrClN3O4S. The first-order valence-electron chi connectivity index (χ1n) is 12.8. The lowest BCUT2D eigenvalue weighted by Gasteiger charge is -2.32. The normalized spacial score (nSPS) is 14.5. The van der Waals surface area contributed by atoms with Crippen LogP contribution in [-0.4, -0.2) is 43.8 Å². The molecule has 1 aliphatic carbocycles. The highest BCUT2D eigenvalue weighted by Crippen LogP contribution is 2.27. The lowest BCUT2D eigenvalue weighted by molar-refractivity contribution is -0.139. The number of halogens is 2. The van der Waals surface area contributed by atoms with Crippen LogP contribution in [-0.2, 0) is 26.2 Å². The Bertz CT molecular complexity index is 1400. The Kier molecular flexibility index (Phi) is 9.69. The summed E-state index contributed by atoms with van der Waals surface area (Å²) in [4.78, 5) is 28.7. The number of benzene rings is 3. The molecule has 2 amide bonds. The Balaban J connectivity index is 1.67. The van der Waals surface area contributed by atoms with Gasteiger partial charge in [-0.25, -0.2) is 8.42 Å². The fourth-order valence-corrected chi connectivity index (χ4v) is 6.52. The van der Waals surface area contributed by atoms with E-state index in [1.165, 1.54) is 23.1 Å². The maximum atomic E-state index is 13.9. The number of anilines is 1. The van der Waals surface area contributed by atoms with Gasteiger partial charge >= 0.3 is 0 Å². The largest absolute Gasteiger partial charge is 0.352 e. The highest BCUT2D eigenvalue weighted by atomic mass is 79.9. The molecule has 1 fully saturated rings. The Morgan fingerprint density at radius 1 is 1.00 bits per heavy atom. The molecule has 4 rings (SSSR count). The summed E-state index contributed by atoms with van der Waals surface area (Å²) in [6.45, 7) is 1.31. The number of carbonyl (C=O) groups is 2. The van der Waals surface area contributed by atoms with Crippen LogP contribution < -0.4 is 9.62 Å². The monoisotopic (exact) mass is 631 g/mol. The molecule has 0 aliphatic heterocycles. The van der Waals surface area contributed by atoms with Crippen molar-refractivity contribution in [2.24, 2.45) is 0 Å². The topological polar surface area (TPSA) is 86.8 Å². The second kappa shape index (κ2) is 13.0. The van der Waals surface area contributed by atoms with E-state index >= 15 is 0 Å². The Morgan fingerprint density at radius 2 is 1.67 bits per heavy atom. The molecule has 0 heterocycles. The third kappa shape index (κ3) is 7.41. The van der Waals surface area contributed by atoms with Crippen molar-refractivity contribution in [2.75, 3.05) is 10.8 Å². The quantitative estimate of drug-likeness (QED) is 0.307. The summed E-state index contributed by atoms with van der Waals surface area (Å²) in [6.07, 6.45) is 3.95. The molecular weight excluding hydrogens is 602 g/mol. The Labute approximate surface area is 243 Å². The highest BCUT2D eigenvalue weighted by Gasteiger charge is 2.33. The number of rotatable bonds is 10. The van der Waals surface area contributed by atoms with Crippen molar-refractivity contribution in [2.45, 2.75) is 56.1 Å². The predicted octanol–water partition coefficient (Wildman–Crippen LogP) is 5.77. The van der Waals surface area contributed by atoms with Crippen molar-refractivity contribution in [1.82, 2.24) is 10.2 Å². The number of nitrogens with one attached hydrogen (secondary N) is 1. The molecule has 10 heteroatoms. The standard InChI is InChI=1S/C29H31BrClN3O4S/c1-21(29(36)32-25-9-5-6-10-25)33(19-22-14-16-23(30)17-15-22)28(35)20-34(26-11-7-8-24(31)18-26)39(37,38)27-12-3-2-4-13-27/h2-4,7-8,11-18,21,25H,5-6,9-10,19-20H2,1H3,(H,32,36). The summed E-state index contributed by atoms with van der Waals surface area (Å²) in [5.41, 5.74) is 1.07. The van der Waals surface area contributed by atoms with E-state index in [4.69, 9.17) is 11.6 Å². The summed E-state index contributed by atoms with van der Waals surface area (Å²) in [5, 5.41) is 3.41. The number of carbonyl (C=O) groups excluding carboxylic acids is 2. The van der Waals surface area contributed by atoms with Gasteiger partial charge in [0.25, 0.3) is 10.0 Å². The zero-order valence-electron chi connectivity index (χ0n) is 21.6. The van der Waals surface area contributed by atoms with Gasteiger partial charge in [0.2, 0.25) is 11.8 Å². The SMILES string of the molecule is CC(C(=O)NC1CCCC1)N(Cc1ccc(Br)cc1)C(=O)CN(c1cccc(Cl)c1)S(=O)(=O)c1ccccc1. The van der Waals surface area contributed by atoms with Crippen molar-refractivity contribution in [1.29, 1.82) is 0 Å². The minimum atomic E-state index is -4.12. The van der Waals surface area contributed by atoms with Crippen molar-refractivity contribution >= 4 is 55.1 Å². The summed E-state index contributed by atoms with van der Waals surface area (Å²) in [6, 6.07) is 21.0. The molecule has 1 atom stereocenters. The van der Waals surface area contributed by atoms with Crippen LogP contribution in [0.5, 0.6) is 0 Å². The first-order valence-corrected chi connectivity index (χ1v) is 15.4. The lowest BCUT2D eigenvalue weighted by atomic mass is 10.1. The van der Waals surface area contributed by atoms with Crippen molar-refractivity contribution in [3.63, 3.8) is 0 Å². The van der Waals surface area contributed by atoms with E-state index in [1.54, 1.807) is 43.3 Å². The first-order chi connectivity index (χ1) is 18.6. The maximum absolute atomic E-state index is 13.9. The zero-order valence-corrected chi connectivity index (χ0v) is 24.8. The summed E-state index contributed by atoms with van der Waals surface area (Å²) in [5.74, 6) is -0.765. The van der Waals surface area contributed by atoms with Gasteiger partial charge in [-0.05, 0) is 67.8 Å². The molecule has 3 aromatic rings. The third-order valence-corrected chi connectivity index (χ3v) is 9.39. The molecule has 3 aromatic carbocycles. The molecule has 39 heavy (non-hydrogen) atoms. The van der Waals surface area contributed by atoms with Gasteiger partial charge in [0.15, 0.2) is 0 Å². The number of nitrogens with zero attached hydrogens (tertiary/aromatic N) is 2. The molecule has 1 saturated carbocycles. The number of sulfonamides is 1. The van der Waals surface area contributed by atoms with Gasteiger partial charge in [-0.15, -0.1) is 0 Å². The van der Waals surface area contributed by atoms with Crippen LogP contribution in [0.4, 0.5) is 5.69 Å². The van der Waals surface area contributed by atoms with Gasteiger partial charge in [-0.1, -0.05) is 76.8 Å². The van der Waals surface area contributed by atoms with Gasteiger partial charge in [0.05, 0.1) is 10.6 Å². The molecule has 206 valence electrons. The Morgan fingerprint density at radius 3 is 2.31 bits per heavy atom. The number of hydrogen-bond acceptors (Lipinski definition) is 4. The van der Waals surface area contributed by atoms with Gasteiger partial charge in [-0.3, -0.25) is 13.9 Å². The molecule has 1 aliphatic rings. The minimum absolute atomic E-state index is 0.0456. The van der Waals surface area contributed by atoms with Gasteiger partial charge in [0.1, 0.15) is 12.6 Å². The van der Waals surface area contributed by atoms with E-state index in [1.807, 2.05) is 24.3 Å². The number of amides is 2. The van der Waals surface area contributed by atoms with Crippen molar-refractivity contribution in [3.05, 3.63) is 93.9 Å². The highest BCUT2D eigenvalue weighted by molar-refractivity contribution is 9.10. The van der Waals surface area contributed by atoms with Crippen LogP contribution >= 0.6 is 27.5 Å². The predicted molar refractivity (Wildman–Crippen MR) is 157 cm³/mol. The molecule has 7 nitrogen and oxygen atoms in total. The van der Waals surface area contributed by atoms with Crippen LogP contribution in [0.15, 0.2) is 88.2 Å². The molecule has 1 unspecified atom stereocenters. The summed E-state index contributed by atoms with van der Waals surface area (Å²) < 4.78 is 29.5. The molecule has 0 bridgehead atoms. The van der Waals surface area contributed by atoms with E-state index in [0.717, 1.165) is 40.0 Å². The van der Waals surface area contributed by atoms with Gasteiger partial charge < -0.3 is 10.2 Å². The van der Waals surface area contributed by atoms with E-state index in [2.05, 4.69) is 21.2 Å². The van der Waals surface area contributed by atoms with Crippen LogP contribution in [0.2, 0.25) is 5.02 Å². The van der Waals surface area contributed by atoms with E-state index in [9.17, 15) is 18.0 Å². The molecule has 0 saturated heterocycles. The zero-order chi connectivity index (χ0) is 28.0. The lowest BCUT2D eigenvalue weighted by Crippen LogP contribution is -2.52. The molecule has 0 radical (unpaired) electrons. The average Bonchev–Trinajstić information content (AvgIpc) is 3.44. The number of hydrogen-bond donors (Lipinski definition) is 1. The van der Waals surface area contributed by atoms with Crippen molar-refractivity contribution in [3.8, 4) is 0 Å². The third-order valence-electron chi connectivity index (χ3n) is 6.84. The van der Waals surface area contributed by atoms with E-state index < -0.39 is 28.5 Å². The van der Waals surface area contributed by atoms with Crippen LogP contribution in [0.1, 0.15) is 38.2 Å². The second-order valence-electron chi connectivity index (χ2n) is 9.62. The fourth-order valence-electron chi connectivity index (χ4n) is 4.64. The minimum Gasteiger partial charge on any atom is -0.352 e. The van der Waals surface area contributed by atoms with Gasteiger partial charge in [0, 0.05) is 22.1 Å². The van der Waals surface area contributed by atoms with Crippen molar-refractivity contribution < 1.29 is 18.0 Å². The molecule has 1 N–H and O–H groups in total. The van der Waals surface area contributed by atoms with E-state index in [0.29, 0.717) is 5.02 Å². The second-order valence-corrected chi connectivity index (χ2v) is 12.8. The average molecular weight is 633 g/mol. The van der Waals surface area contributed by atoms with E-state index in [-0.39, 0.29) is 29.1 Å².